The summed E-state index contributed by atoms with van der Waals surface area (Å²) in [4.78, 5) is 0. The molecule has 14 heavy (non-hydrogen) atoms. The van der Waals surface area contributed by atoms with Gasteiger partial charge in [0, 0.05) is 12.3 Å². The number of pyridine rings is 1. The van der Waals surface area contributed by atoms with E-state index in [1.165, 1.54) is 18.0 Å². The number of hydrogen-bond acceptors (Lipinski definition) is 3. The summed E-state index contributed by atoms with van der Waals surface area (Å²) in [7, 11) is 0. The molecule has 2 aromatic rings. The normalized spacial score (nSPS) is 10.4. The second kappa shape index (κ2) is 3.71. The molecule has 0 bridgehead atoms. The molecular weight excluding hydrogens is 198 g/mol. The predicted octanol–water partition coefficient (Wildman–Crippen LogP) is 1.43. The van der Waals surface area contributed by atoms with Crippen LogP contribution in [0.25, 0.3) is 11.3 Å². The van der Waals surface area contributed by atoms with Gasteiger partial charge in [0.15, 0.2) is 6.20 Å². The Hall–Kier alpha value is -1.49. The highest BCUT2D eigenvalue weighted by molar-refractivity contribution is 7.98. The van der Waals surface area contributed by atoms with Crippen LogP contribution in [0.3, 0.4) is 0 Å². The lowest BCUT2D eigenvalue weighted by molar-refractivity contribution is -0.644. The Labute approximate surface area is 85.6 Å². The van der Waals surface area contributed by atoms with Gasteiger partial charge in [0.05, 0.1) is 11.3 Å². The van der Waals surface area contributed by atoms with Gasteiger partial charge in [-0.2, -0.15) is 9.83 Å². The van der Waals surface area contributed by atoms with E-state index in [0.29, 0.717) is 5.03 Å². The molecule has 0 atom stereocenters. The van der Waals surface area contributed by atoms with Gasteiger partial charge >= 0.3 is 0 Å². The van der Waals surface area contributed by atoms with Crippen LogP contribution in [0.5, 0.6) is 0 Å². The molecule has 0 aliphatic carbocycles. The first-order chi connectivity index (χ1) is 6.83. The summed E-state index contributed by atoms with van der Waals surface area (Å²) < 4.78 is 0.862. The van der Waals surface area contributed by atoms with E-state index in [1.54, 1.807) is 12.3 Å². The molecule has 0 spiro atoms. The molecule has 0 fully saturated rings. The van der Waals surface area contributed by atoms with Crippen LogP contribution in [0.1, 0.15) is 0 Å². The summed E-state index contributed by atoms with van der Waals surface area (Å²) in [5.74, 6) is 0. The van der Waals surface area contributed by atoms with E-state index in [2.05, 4.69) is 10.2 Å². The number of nitrogens with one attached hydrogen (secondary N) is 1. The molecule has 0 aliphatic rings. The lowest BCUT2D eigenvalue weighted by Crippen LogP contribution is -2.28. The quantitative estimate of drug-likeness (QED) is 0.460. The Kier molecular flexibility index (Phi) is 2.41. The van der Waals surface area contributed by atoms with E-state index < -0.39 is 0 Å². The second-order valence-corrected chi connectivity index (χ2v) is 3.52. The van der Waals surface area contributed by atoms with Gasteiger partial charge in [-0.3, -0.25) is 5.10 Å². The molecule has 0 saturated heterocycles. The van der Waals surface area contributed by atoms with Crippen LogP contribution >= 0.6 is 11.8 Å². The number of thioether (sulfide) groups is 1. The first-order valence-corrected chi connectivity index (χ1v) is 5.31. The van der Waals surface area contributed by atoms with Gasteiger partial charge in [-0.25, -0.2) is 0 Å². The topological polar surface area (TPSA) is 55.6 Å². The Morgan fingerprint density at radius 2 is 2.36 bits per heavy atom. The van der Waals surface area contributed by atoms with E-state index in [-0.39, 0.29) is 0 Å². The maximum absolute atomic E-state index is 11.4. The first-order valence-electron chi connectivity index (χ1n) is 4.09. The second-order valence-electron chi connectivity index (χ2n) is 2.73. The third kappa shape index (κ3) is 1.46. The van der Waals surface area contributed by atoms with E-state index in [9.17, 15) is 5.21 Å². The van der Waals surface area contributed by atoms with Crippen LogP contribution in [0.2, 0.25) is 0 Å². The summed E-state index contributed by atoms with van der Waals surface area (Å²) >= 11 is 1.42. The van der Waals surface area contributed by atoms with Crippen LogP contribution in [0.15, 0.2) is 35.6 Å². The Morgan fingerprint density at radius 3 is 3.00 bits per heavy atom. The smallest absolute Gasteiger partial charge is 0.260 e. The van der Waals surface area contributed by atoms with Crippen molar-refractivity contribution in [2.45, 2.75) is 5.03 Å². The van der Waals surface area contributed by atoms with Gasteiger partial charge in [-0.1, -0.05) is 11.8 Å². The molecule has 0 aliphatic heterocycles. The number of nitrogens with zero attached hydrogens (tertiary/aromatic N) is 2. The van der Waals surface area contributed by atoms with Crippen molar-refractivity contribution in [1.82, 2.24) is 10.2 Å². The fraction of sp³-hybridized carbons (Fsp3) is 0.111. The van der Waals surface area contributed by atoms with Crippen LogP contribution in [0, 0.1) is 5.21 Å². The molecule has 0 unspecified atom stereocenters. The average Bonchev–Trinajstić information content (AvgIpc) is 2.70. The van der Waals surface area contributed by atoms with Crippen molar-refractivity contribution in [3.05, 3.63) is 35.8 Å². The van der Waals surface area contributed by atoms with E-state index in [1.807, 2.05) is 18.4 Å². The van der Waals surface area contributed by atoms with Gasteiger partial charge in [-0.05, 0) is 18.4 Å². The van der Waals surface area contributed by atoms with Crippen molar-refractivity contribution in [2.24, 2.45) is 0 Å². The number of aromatic amines is 1. The van der Waals surface area contributed by atoms with E-state index in [0.717, 1.165) is 16.0 Å². The van der Waals surface area contributed by atoms with Crippen LogP contribution in [0.4, 0.5) is 0 Å². The average molecular weight is 207 g/mol. The monoisotopic (exact) mass is 207 g/mol. The van der Waals surface area contributed by atoms with Gasteiger partial charge in [0.2, 0.25) is 0 Å². The molecule has 0 saturated carbocycles. The van der Waals surface area contributed by atoms with Gasteiger partial charge < -0.3 is 5.21 Å². The largest absolute Gasteiger partial charge is 0.618 e. The maximum Gasteiger partial charge on any atom is 0.260 e. The van der Waals surface area contributed by atoms with E-state index in [4.69, 9.17) is 0 Å². The molecule has 0 amide bonds. The number of aromatic nitrogens is 3. The summed E-state index contributed by atoms with van der Waals surface area (Å²) in [5, 5.41) is 18.8. The summed E-state index contributed by atoms with van der Waals surface area (Å²) in [5.41, 5.74) is 1.74. The van der Waals surface area contributed by atoms with Gasteiger partial charge in [0.1, 0.15) is 0 Å². The van der Waals surface area contributed by atoms with Crippen molar-refractivity contribution in [2.75, 3.05) is 6.26 Å². The van der Waals surface area contributed by atoms with Crippen molar-refractivity contribution in [3.63, 3.8) is 0 Å². The number of rotatable bonds is 2. The molecule has 2 heterocycles. The highest BCUT2D eigenvalue weighted by Gasteiger charge is 2.13. The standard InChI is InChI=1S/C9H9N3OS/c1-14-9-7(3-2-6-12(9)13)8-4-5-10-11-8/h2-6H,1H3,(H,10,11). The third-order valence-corrected chi connectivity index (χ3v) is 2.69. The Morgan fingerprint density at radius 1 is 1.50 bits per heavy atom. The molecule has 2 aromatic heterocycles. The highest BCUT2D eigenvalue weighted by atomic mass is 32.2. The minimum Gasteiger partial charge on any atom is -0.618 e. The zero-order valence-electron chi connectivity index (χ0n) is 7.60. The fourth-order valence-corrected chi connectivity index (χ4v) is 1.92. The minimum absolute atomic E-state index is 0.678. The molecular formula is C9H9N3OS. The summed E-state index contributed by atoms with van der Waals surface area (Å²) in [6.45, 7) is 0. The van der Waals surface area contributed by atoms with E-state index >= 15 is 0 Å². The third-order valence-electron chi connectivity index (χ3n) is 1.90. The van der Waals surface area contributed by atoms with Crippen LogP contribution in [-0.2, 0) is 0 Å². The minimum atomic E-state index is 0.678. The summed E-state index contributed by atoms with van der Waals surface area (Å²) in [6.07, 6.45) is 5.04. The lowest BCUT2D eigenvalue weighted by atomic mass is 10.2. The Balaban J connectivity index is 2.58. The number of hydrogen-bond donors (Lipinski definition) is 1. The molecule has 0 radical (unpaired) electrons. The number of H-pyrrole nitrogens is 1. The van der Waals surface area contributed by atoms with Gasteiger partial charge in [-0.15, -0.1) is 0 Å². The predicted molar refractivity (Wildman–Crippen MR) is 54.8 cm³/mol. The van der Waals surface area contributed by atoms with Crippen molar-refractivity contribution >= 4 is 11.8 Å². The molecule has 1 N–H and O–H groups in total. The maximum atomic E-state index is 11.4. The lowest BCUT2D eigenvalue weighted by Gasteiger charge is -2.05. The van der Waals surface area contributed by atoms with Crippen molar-refractivity contribution < 1.29 is 4.73 Å². The molecule has 4 nitrogen and oxygen atoms in total. The molecule has 5 heteroatoms. The molecule has 2 rings (SSSR count). The first kappa shape index (κ1) is 9.08. The van der Waals surface area contributed by atoms with Crippen LogP contribution < -0.4 is 4.73 Å². The van der Waals surface area contributed by atoms with Gasteiger partial charge in [0.25, 0.3) is 5.03 Å². The van der Waals surface area contributed by atoms with Crippen LogP contribution in [-0.4, -0.2) is 16.5 Å². The Bertz CT molecular complexity index is 428. The highest BCUT2D eigenvalue weighted by Crippen LogP contribution is 2.24. The molecule has 0 aromatic carbocycles. The molecule has 72 valence electrons. The fourth-order valence-electron chi connectivity index (χ4n) is 1.29. The zero-order chi connectivity index (χ0) is 9.97. The van der Waals surface area contributed by atoms with Crippen molar-refractivity contribution in [1.29, 1.82) is 0 Å². The SMILES string of the molecule is CSc1c(-c2ccn[nH]2)ccc[n+]1[O-]. The van der Waals surface area contributed by atoms with Crippen molar-refractivity contribution in [3.8, 4) is 11.3 Å². The zero-order valence-corrected chi connectivity index (χ0v) is 8.41. The summed E-state index contributed by atoms with van der Waals surface area (Å²) in [6, 6.07) is 5.46.